The third-order valence-corrected chi connectivity index (χ3v) is 4.38. The number of halogens is 1. The molecule has 1 aromatic heterocycles. The molecule has 0 atom stereocenters. The molecule has 0 aliphatic rings. The van der Waals surface area contributed by atoms with Crippen molar-refractivity contribution in [3.05, 3.63) is 82.6 Å². The van der Waals surface area contributed by atoms with Crippen LogP contribution in [0.4, 0.5) is 0 Å². The Morgan fingerprint density at radius 2 is 1.85 bits per heavy atom. The zero-order chi connectivity index (χ0) is 19.1. The maximum atomic E-state index is 12.0. The Bertz CT molecular complexity index is 924. The van der Waals surface area contributed by atoms with E-state index >= 15 is 0 Å². The second kappa shape index (κ2) is 9.14. The average molecular weight is 427 g/mol. The van der Waals surface area contributed by atoms with Gasteiger partial charge in [0.05, 0.1) is 18.4 Å². The highest BCUT2D eigenvalue weighted by Gasteiger charge is 2.08. The fourth-order valence-corrected chi connectivity index (χ4v) is 2.91. The number of carbonyl (C=O) groups excluding carboxylic acids is 2. The van der Waals surface area contributed by atoms with Gasteiger partial charge in [0, 0.05) is 22.8 Å². The molecule has 138 valence electrons. The van der Waals surface area contributed by atoms with Crippen LogP contribution in [0.15, 0.2) is 71.5 Å². The fraction of sp³-hybridized carbons (Fsp3) is 0.150. The molecule has 2 aromatic carbocycles. The van der Waals surface area contributed by atoms with Crippen LogP contribution >= 0.6 is 15.9 Å². The lowest BCUT2D eigenvalue weighted by Gasteiger charge is -2.07. The van der Waals surface area contributed by atoms with Crippen molar-refractivity contribution in [1.29, 1.82) is 0 Å². The molecular formula is C20H19BrN4O2. The van der Waals surface area contributed by atoms with Crippen LogP contribution in [0.1, 0.15) is 15.9 Å². The predicted octanol–water partition coefficient (Wildman–Crippen LogP) is 2.72. The van der Waals surface area contributed by atoms with Crippen molar-refractivity contribution in [2.24, 2.45) is 0 Å². The van der Waals surface area contributed by atoms with Crippen LogP contribution in [-0.4, -0.2) is 34.7 Å². The number of hydrogen-bond donors (Lipinski definition) is 2. The first-order chi connectivity index (χ1) is 13.1. The van der Waals surface area contributed by atoms with Crippen LogP contribution in [0.3, 0.4) is 0 Å². The van der Waals surface area contributed by atoms with E-state index in [-0.39, 0.29) is 18.4 Å². The third-order valence-electron chi connectivity index (χ3n) is 3.89. The summed E-state index contributed by atoms with van der Waals surface area (Å²) < 4.78 is 2.62. The highest BCUT2D eigenvalue weighted by atomic mass is 79.9. The van der Waals surface area contributed by atoms with Crippen molar-refractivity contribution in [3.63, 3.8) is 0 Å². The van der Waals surface area contributed by atoms with E-state index < -0.39 is 0 Å². The lowest BCUT2D eigenvalue weighted by atomic mass is 10.2. The second-order valence-corrected chi connectivity index (χ2v) is 6.84. The number of aromatic nitrogens is 2. The summed E-state index contributed by atoms with van der Waals surface area (Å²) in [6.45, 7) is 0.417. The summed E-state index contributed by atoms with van der Waals surface area (Å²) in [6, 6.07) is 16.8. The number of nitrogens with zero attached hydrogens (tertiary/aromatic N) is 2. The molecule has 0 saturated heterocycles. The Labute approximate surface area is 165 Å². The van der Waals surface area contributed by atoms with Crippen LogP contribution in [0.25, 0.3) is 5.69 Å². The first kappa shape index (κ1) is 18.8. The van der Waals surface area contributed by atoms with E-state index in [1.807, 2.05) is 42.6 Å². The maximum absolute atomic E-state index is 12.0. The number of para-hydroxylation sites is 1. The summed E-state index contributed by atoms with van der Waals surface area (Å²) in [7, 11) is 0. The van der Waals surface area contributed by atoms with Gasteiger partial charge in [-0.2, -0.15) is 5.10 Å². The van der Waals surface area contributed by atoms with Crippen molar-refractivity contribution in [1.82, 2.24) is 20.4 Å². The quantitative estimate of drug-likeness (QED) is 0.609. The van der Waals surface area contributed by atoms with Gasteiger partial charge in [0.25, 0.3) is 5.91 Å². The molecule has 3 rings (SSSR count). The third kappa shape index (κ3) is 5.52. The molecule has 0 radical (unpaired) electrons. The van der Waals surface area contributed by atoms with Gasteiger partial charge in [-0.1, -0.05) is 40.2 Å². The zero-order valence-electron chi connectivity index (χ0n) is 14.6. The van der Waals surface area contributed by atoms with Crippen LogP contribution in [0, 0.1) is 0 Å². The summed E-state index contributed by atoms with van der Waals surface area (Å²) in [5.74, 6) is -0.510. The second-order valence-electron chi connectivity index (χ2n) is 5.92. The van der Waals surface area contributed by atoms with E-state index in [0.717, 1.165) is 15.7 Å². The summed E-state index contributed by atoms with van der Waals surface area (Å²) in [4.78, 5) is 23.9. The molecule has 0 saturated carbocycles. The molecule has 3 aromatic rings. The van der Waals surface area contributed by atoms with Gasteiger partial charge in [-0.15, -0.1) is 0 Å². The lowest BCUT2D eigenvalue weighted by molar-refractivity contribution is -0.120. The summed E-state index contributed by atoms with van der Waals surface area (Å²) in [5.41, 5.74) is 2.52. The summed E-state index contributed by atoms with van der Waals surface area (Å²) in [6.07, 6.45) is 4.39. The number of hydrogen-bond acceptors (Lipinski definition) is 3. The van der Waals surface area contributed by atoms with Crippen LogP contribution < -0.4 is 10.6 Å². The number of rotatable bonds is 7. The lowest BCUT2D eigenvalue weighted by Crippen LogP contribution is -2.37. The van der Waals surface area contributed by atoms with E-state index in [1.54, 1.807) is 29.1 Å². The average Bonchev–Trinajstić information content (AvgIpc) is 3.16. The van der Waals surface area contributed by atoms with Crippen LogP contribution in [0.2, 0.25) is 0 Å². The Balaban J connectivity index is 1.41. The zero-order valence-corrected chi connectivity index (χ0v) is 16.1. The van der Waals surface area contributed by atoms with Gasteiger partial charge in [-0.05, 0) is 42.3 Å². The topological polar surface area (TPSA) is 76.0 Å². The Hall–Kier alpha value is -2.93. The largest absolute Gasteiger partial charge is 0.354 e. The molecule has 0 bridgehead atoms. The minimum atomic E-state index is -0.282. The van der Waals surface area contributed by atoms with E-state index in [4.69, 9.17) is 0 Å². The number of carbonyl (C=O) groups is 2. The molecule has 0 spiro atoms. The van der Waals surface area contributed by atoms with Crippen molar-refractivity contribution < 1.29 is 9.59 Å². The standard InChI is InChI=1S/C20H19BrN4O2/c21-17-6-4-5-16(11-17)20(27)23-13-19(26)22-10-9-15-12-24-25(14-15)18-7-2-1-3-8-18/h1-8,11-12,14H,9-10,13H2,(H,22,26)(H,23,27). The Morgan fingerprint density at radius 3 is 2.63 bits per heavy atom. The van der Waals surface area contributed by atoms with Gasteiger partial charge >= 0.3 is 0 Å². The fourth-order valence-electron chi connectivity index (χ4n) is 2.51. The van der Waals surface area contributed by atoms with Gasteiger partial charge in [0.2, 0.25) is 5.91 Å². The molecule has 1 heterocycles. The van der Waals surface area contributed by atoms with E-state index in [1.165, 1.54) is 0 Å². The molecule has 0 fully saturated rings. The van der Waals surface area contributed by atoms with Crippen molar-refractivity contribution in [2.75, 3.05) is 13.1 Å². The number of benzene rings is 2. The summed E-state index contributed by atoms with van der Waals surface area (Å²) >= 11 is 3.32. The first-order valence-corrected chi connectivity index (χ1v) is 9.30. The monoisotopic (exact) mass is 426 g/mol. The predicted molar refractivity (Wildman–Crippen MR) is 107 cm³/mol. The molecule has 0 aliphatic heterocycles. The van der Waals surface area contributed by atoms with E-state index in [2.05, 4.69) is 31.7 Å². The minimum absolute atomic E-state index is 0.0609. The molecule has 0 unspecified atom stereocenters. The first-order valence-electron chi connectivity index (χ1n) is 8.51. The Morgan fingerprint density at radius 1 is 1.04 bits per heavy atom. The van der Waals surface area contributed by atoms with Gasteiger partial charge in [-0.3, -0.25) is 9.59 Å². The SMILES string of the molecule is O=C(CNC(=O)c1cccc(Br)c1)NCCc1cnn(-c2ccccc2)c1. The molecule has 2 N–H and O–H groups in total. The van der Waals surface area contributed by atoms with Crippen molar-refractivity contribution in [3.8, 4) is 5.69 Å². The molecule has 27 heavy (non-hydrogen) atoms. The van der Waals surface area contributed by atoms with Crippen molar-refractivity contribution >= 4 is 27.7 Å². The van der Waals surface area contributed by atoms with Crippen LogP contribution in [0.5, 0.6) is 0 Å². The molecular weight excluding hydrogens is 408 g/mol. The molecule has 2 amide bonds. The highest BCUT2D eigenvalue weighted by molar-refractivity contribution is 9.10. The van der Waals surface area contributed by atoms with E-state index in [0.29, 0.717) is 18.5 Å². The van der Waals surface area contributed by atoms with Gasteiger partial charge in [0.15, 0.2) is 0 Å². The van der Waals surface area contributed by atoms with Crippen LogP contribution in [-0.2, 0) is 11.2 Å². The maximum Gasteiger partial charge on any atom is 0.251 e. The number of nitrogens with one attached hydrogen (secondary N) is 2. The minimum Gasteiger partial charge on any atom is -0.354 e. The normalized spacial score (nSPS) is 10.4. The van der Waals surface area contributed by atoms with Gasteiger partial charge in [0.1, 0.15) is 0 Å². The highest BCUT2D eigenvalue weighted by Crippen LogP contribution is 2.11. The van der Waals surface area contributed by atoms with Crippen molar-refractivity contribution in [2.45, 2.75) is 6.42 Å². The molecule has 0 aliphatic carbocycles. The van der Waals surface area contributed by atoms with Gasteiger partial charge < -0.3 is 10.6 Å². The smallest absolute Gasteiger partial charge is 0.251 e. The van der Waals surface area contributed by atoms with E-state index in [9.17, 15) is 9.59 Å². The molecule has 7 heteroatoms. The number of amides is 2. The Kier molecular flexibility index (Phi) is 6.38. The summed E-state index contributed by atoms with van der Waals surface area (Å²) in [5, 5.41) is 9.74. The van der Waals surface area contributed by atoms with Gasteiger partial charge in [-0.25, -0.2) is 4.68 Å². The molecule has 6 nitrogen and oxygen atoms in total.